The van der Waals surface area contributed by atoms with Gasteiger partial charge in [-0.3, -0.25) is 4.79 Å². The van der Waals surface area contributed by atoms with Crippen molar-refractivity contribution in [1.29, 1.82) is 0 Å². The number of hydrogen-bond donors (Lipinski definition) is 0. The summed E-state index contributed by atoms with van der Waals surface area (Å²) in [7, 11) is 3.69. The lowest BCUT2D eigenvalue weighted by Crippen LogP contribution is -2.07. The van der Waals surface area contributed by atoms with Crippen LogP contribution in [0.2, 0.25) is 0 Å². The van der Waals surface area contributed by atoms with Crippen molar-refractivity contribution < 1.29 is 9.18 Å². The molecule has 1 atom stereocenters. The van der Waals surface area contributed by atoms with Crippen LogP contribution in [0.25, 0.3) is 11.2 Å². The lowest BCUT2D eigenvalue weighted by molar-refractivity contribution is -0.116. The number of aromatic nitrogens is 4. The van der Waals surface area contributed by atoms with Gasteiger partial charge in [0.05, 0.1) is 18.7 Å². The highest BCUT2D eigenvalue weighted by atomic mass is 19.1. The van der Waals surface area contributed by atoms with Crippen molar-refractivity contribution >= 4 is 29.1 Å². The third kappa shape index (κ3) is 2.39. The largest absolute Gasteiger partial charge is 0.369 e. The van der Waals surface area contributed by atoms with E-state index in [-0.39, 0.29) is 6.42 Å². The minimum absolute atomic E-state index is 0.0809. The van der Waals surface area contributed by atoms with Gasteiger partial charge in [0.15, 0.2) is 28.6 Å². The first-order chi connectivity index (χ1) is 10.1. The molecule has 21 heavy (non-hydrogen) atoms. The van der Waals surface area contributed by atoms with Crippen LogP contribution >= 0.6 is 0 Å². The van der Waals surface area contributed by atoms with Crippen LogP contribution in [0.3, 0.4) is 0 Å². The summed E-state index contributed by atoms with van der Waals surface area (Å²) in [5.74, 6) is -0.773. The summed E-state index contributed by atoms with van der Waals surface area (Å²) in [5, 5.41) is 0. The van der Waals surface area contributed by atoms with E-state index in [0.717, 1.165) is 0 Å². The maximum Gasteiger partial charge on any atom is 0.193 e. The van der Waals surface area contributed by atoms with Crippen molar-refractivity contribution in [3.8, 4) is 0 Å². The van der Waals surface area contributed by atoms with Crippen LogP contribution in [-0.4, -0.2) is 50.6 Å². The molecule has 8 heteroatoms. The molecule has 3 rings (SSSR count). The third-order valence-corrected chi connectivity index (χ3v) is 3.11. The summed E-state index contributed by atoms with van der Waals surface area (Å²) >= 11 is 0. The maximum absolute atomic E-state index is 13.3. The van der Waals surface area contributed by atoms with Gasteiger partial charge in [-0.25, -0.2) is 24.3 Å². The summed E-state index contributed by atoms with van der Waals surface area (Å²) < 4.78 is 14.9. The Morgan fingerprint density at radius 1 is 1.43 bits per heavy atom. The molecule has 0 aliphatic heterocycles. The second-order valence-corrected chi connectivity index (χ2v) is 4.94. The minimum Gasteiger partial charge on any atom is -0.369 e. The third-order valence-electron chi connectivity index (χ3n) is 3.11. The second kappa shape index (κ2) is 5.04. The van der Waals surface area contributed by atoms with Gasteiger partial charge in [-0.2, -0.15) is 0 Å². The van der Waals surface area contributed by atoms with Crippen molar-refractivity contribution in [2.75, 3.05) is 14.1 Å². The molecule has 2 heterocycles. The van der Waals surface area contributed by atoms with Crippen molar-refractivity contribution in [2.24, 2.45) is 4.99 Å². The number of fused-ring (bicyclic) bond motifs is 1. The zero-order valence-corrected chi connectivity index (χ0v) is 11.6. The summed E-state index contributed by atoms with van der Waals surface area (Å²) in [5.41, 5.74) is 1.04. The van der Waals surface area contributed by atoms with E-state index < -0.39 is 17.7 Å². The van der Waals surface area contributed by atoms with Crippen LogP contribution < -0.4 is 0 Å². The van der Waals surface area contributed by atoms with Crippen LogP contribution in [0.1, 0.15) is 12.5 Å². The average Bonchev–Trinajstić information content (AvgIpc) is 3.01. The molecular weight excluding hydrogens is 275 g/mol. The molecular formula is C13H13FN6O. The highest BCUT2D eigenvalue weighted by molar-refractivity contribution is 5.96. The summed E-state index contributed by atoms with van der Waals surface area (Å²) in [6.07, 6.45) is 5.88. The highest BCUT2D eigenvalue weighted by Gasteiger charge is 2.27. The fourth-order valence-electron chi connectivity index (χ4n) is 2.13. The summed E-state index contributed by atoms with van der Waals surface area (Å²) in [6, 6.07) is -0.400. The van der Waals surface area contributed by atoms with Gasteiger partial charge in [0.2, 0.25) is 0 Å². The van der Waals surface area contributed by atoms with Crippen LogP contribution in [0.4, 0.5) is 10.2 Å². The van der Waals surface area contributed by atoms with Crippen molar-refractivity contribution in [3.63, 3.8) is 0 Å². The standard InChI is InChI=1S/C13H13FN6O/c1-19(2)6-18-12-11-13(16-5-15-12)20(7-17-11)8-3-9(14)10(21)4-8/h3,5-8H,4H2,1-2H3/t8-/m0/s1. The van der Waals surface area contributed by atoms with Gasteiger partial charge in [-0.05, 0) is 6.08 Å². The Kier molecular flexibility index (Phi) is 3.20. The fraction of sp³-hybridized carbons (Fsp3) is 0.308. The highest BCUT2D eigenvalue weighted by Crippen LogP contribution is 2.30. The molecule has 0 saturated carbocycles. The van der Waals surface area contributed by atoms with Gasteiger partial charge in [0.25, 0.3) is 0 Å². The van der Waals surface area contributed by atoms with Gasteiger partial charge in [0.1, 0.15) is 6.33 Å². The Balaban J connectivity index is 2.04. The Hall–Kier alpha value is -2.64. The molecule has 1 aliphatic rings. The number of imidazole rings is 1. The Morgan fingerprint density at radius 3 is 2.90 bits per heavy atom. The number of carbonyl (C=O) groups excluding carboxylic acids is 1. The topological polar surface area (TPSA) is 76.3 Å². The second-order valence-electron chi connectivity index (χ2n) is 4.94. The summed E-state index contributed by atoms with van der Waals surface area (Å²) in [4.78, 5) is 29.8. The zero-order valence-electron chi connectivity index (χ0n) is 11.6. The lowest BCUT2D eigenvalue weighted by atomic mass is 10.2. The first-order valence-electron chi connectivity index (χ1n) is 6.35. The number of Topliss-reactive ketones (excluding diaryl/α,β-unsaturated/α-hetero) is 1. The van der Waals surface area contributed by atoms with Crippen LogP contribution in [0.15, 0.2) is 29.5 Å². The van der Waals surface area contributed by atoms with E-state index in [9.17, 15) is 9.18 Å². The van der Waals surface area contributed by atoms with E-state index in [1.807, 2.05) is 14.1 Å². The first kappa shape index (κ1) is 13.3. The van der Waals surface area contributed by atoms with E-state index in [1.54, 1.807) is 15.8 Å². The molecule has 0 amide bonds. The first-order valence-corrected chi connectivity index (χ1v) is 6.35. The molecule has 2 aromatic heterocycles. The number of nitrogens with zero attached hydrogens (tertiary/aromatic N) is 6. The van der Waals surface area contributed by atoms with Gasteiger partial charge in [-0.15, -0.1) is 0 Å². The van der Waals surface area contributed by atoms with Gasteiger partial charge in [0, 0.05) is 20.5 Å². The Bertz CT molecular complexity index is 763. The predicted molar refractivity (Wildman–Crippen MR) is 75.0 cm³/mol. The molecule has 0 spiro atoms. The van der Waals surface area contributed by atoms with Crippen molar-refractivity contribution in [2.45, 2.75) is 12.5 Å². The predicted octanol–water partition coefficient (Wildman–Crippen LogP) is 1.41. The van der Waals surface area contributed by atoms with E-state index in [1.165, 1.54) is 18.7 Å². The van der Waals surface area contributed by atoms with Gasteiger partial charge >= 0.3 is 0 Å². The van der Waals surface area contributed by atoms with E-state index in [2.05, 4.69) is 19.9 Å². The monoisotopic (exact) mass is 288 g/mol. The number of carbonyl (C=O) groups is 1. The molecule has 0 N–H and O–H groups in total. The molecule has 0 aromatic carbocycles. The van der Waals surface area contributed by atoms with Crippen LogP contribution in [0.5, 0.6) is 0 Å². The number of hydrogen-bond acceptors (Lipinski definition) is 5. The SMILES string of the molecule is CN(C)C=Nc1ncnc2c1ncn2[C@H]1C=C(F)C(=O)C1. The van der Waals surface area contributed by atoms with Crippen LogP contribution in [0, 0.1) is 0 Å². The van der Waals surface area contributed by atoms with E-state index >= 15 is 0 Å². The molecule has 0 saturated heterocycles. The molecule has 1 aliphatic carbocycles. The fourth-order valence-corrected chi connectivity index (χ4v) is 2.13. The molecule has 7 nitrogen and oxygen atoms in total. The number of aliphatic imine (C=N–C) groups is 1. The smallest absolute Gasteiger partial charge is 0.193 e. The minimum atomic E-state index is -0.707. The molecule has 0 bridgehead atoms. The average molecular weight is 288 g/mol. The van der Waals surface area contributed by atoms with E-state index in [0.29, 0.717) is 17.0 Å². The van der Waals surface area contributed by atoms with Gasteiger partial charge < -0.3 is 9.47 Å². The Labute approximate surface area is 119 Å². The normalized spacial score (nSPS) is 18.7. The molecule has 108 valence electrons. The summed E-state index contributed by atoms with van der Waals surface area (Å²) in [6.45, 7) is 0. The van der Waals surface area contributed by atoms with Gasteiger partial charge in [-0.1, -0.05) is 0 Å². The number of allylic oxidation sites excluding steroid dienone is 2. The Morgan fingerprint density at radius 2 is 2.24 bits per heavy atom. The van der Waals surface area contributed by atoms with Crippen LogP contribution in [-0.2, 0) is 4.79 Å². The molecule has 0 radical (unpaired) electrons. The van der Waals surface area contributed by atoms with Crippen molar-refractivity contribution in [3.05, 3.63) is 24.6 Å². The number of rotatable bonds is 3. The number of halogens is 1. The maximum atomic E-state index is 13.3. The zero-order chi connectivity index (χ0) is 15.0. The molecule has 0 unspecified atom stereocenters. The lowest BCUT2D eigenvalue weighted by Gasteiger charge is -2.08. The van der Waals surface area contributed by atoms with Crippen molar-refractivity contribution in [1.82, 2.24) is 24.4 Å². The number of ketones is 1. The molecule has 0 fully saturated rings. The molecule has 2 aromatic rings. The van der Waals surface area contributed by atoms with E-state index in [4.69, 9.17) is 0 Å². The quantitative estimate of drug-likeness (QED) is 0.630.